The number of pyridine rings is 1. The first kappa shape index (κ1) is 14.5. The number of aromatic nitrogens is 1. The van der Waals surface area contributed by atoms with Crippen LogP contribution in [0.15, 0.2) is 18.5 Å². The highest BCUT2D eigenvalue weighted by molar-refractivity contribution is 5.99. The fraction of sp³-hybridized carbons (Fsp3) is 0.571. The van der Waals surface area contributed by atoms with Crippen LogP contribution in [-0.4, -0.2) is 24.5 Å². The molecule has 1 heterocycles. The molecule has 0 saturated heterocycles. The molecule has 0 radical (unpaired) electrons. The number of nitrogens with one attached hydrogen (secondary N) is 2. The van der Waals surface area contributed by atoms with Gasteiger partial charge in [0.2, 0.25) is 0 Å². The average molecular weight is 249 g/mol. The van der Waals surface area contributed by atoms with E-state index in [0.29, 0.717) is 18.0 Å². The lowest BCUT2D eigenvalue weighted by Crippen LogP contribution is -2.34. The van der Waals surface area contributed by atoms with Gasteiger partial charge in [-0.3, -0.25) is 9.78 Å². The van der Waals surface area contributed by atoms with Gasteiger partial charge in [0.25, 0.3) is 5.91 Å². The fourth-order valence-corrected chi connectivity index (χ4v) is 1.44. The van der Waals surface area contributed by atoms with E-state index in [1.54, 1.807) is 25.5 Å². The fourth-order valence-electron chi connectivity index (χ4n) is 1.44. The summed E-state index contributed by atoms with van der Waals surface area (Å²) in [4.78, 5) is 16.1. The maximum atomic E-state index is 12.1. The topological polar surface area (TPSA) is 54.0 Å². The second kappa shape index (κ2) is 5.85. The van der Waals surface area contributed by atoms with Gasteiger partial charge in [-0.25, -0.2) is 0 Å². The molecule has 1 atom stereocenters. The highest BCUT2D eigenvalue weighted by Gasteiger charge is 2.21. The summed E-state index contributed by atoms with van der Waals surface area (Å²) < 4.78 is 0. The maximum absolute atomic E-state index is 12.1. The van der Waals surface area contributed by atoms with Crippen molar-refractivity contribution in [3.63, 3.8) is 0 Å². The van der Waals surface area contributed by atoms with Crippen LogP contribution in [0.4, 0.5) is 5.69 Å². The van der Waals surface area contributed by atoms with E-state index in [0.717, 1.165) is 5.69 Å². The molecule has 0 saturated carbocycles. The van der Waals surface area contributed by atoms with Gasteiger partial charge in [-0.1, -0.05) is 27.7 Å². The van der Waals surface area contributed by atoms with Crippen LogP contribution in [0.3, 0.4) is 0 Å². The molecule has 2 N–H and O–H groups in total. The number of amides is 1. The van der Waals surface area contributed by atoms with Gasteiger partial charge in [0.1, 0.15) is 0 Å². The summed E-state index contributed by atoms with van der Waals surface area (Å²) in [7, 11) is 1.80. The number of rotatable bonds is 4. The third-order valence-corrected chi connectivity index (χ3v) is 3.38. The van der Waals surface area contributed by atoms with Crippen LogP contribution in [-0.2, 0) is 0 Å². The lowest BCUT2D eigenvalue weighted by atomic mass is 9.82. The Hall–Kier alpha value is -1.58. The molecule has 100 valence electrons. The van der Waals surface area contributed by atoms with Crippen molar-refractivity contribution in [2.75, 3.05) is 18.9 Å². The largest absolute Gasteiger partial charge is 0.387 e. The third kappa shape index (κ3) is 3.72. The Morgan fingerprint density at radius 2 is 2.11 bits per heavy atom. The third-order valence-electron chi connectivity index (χ3n) is 3.38. The molecule has 1 unspecified atom stereocenters. The molecule has 1 amide bonds. The summed E-state index contributed by atoms with van der Waals surface area (Å²) in [5.41, 5.74) is 1.57. The molecule has 4 nitrogen and oxygen atoms in total. The van der Waals surface area contributed by atoms with Gasteiger partial charge in [0.15, 0.2) is 0 Å². The molecule has 1 rings (SSSR count). The van der Waals surface area contributed by atoms with E-state index in [1.807, 2.05) is 0 Å². The second-order valence-electron chi connectivity index (χ2n) is 5.65. The van der Waals surface area contributed by atoms with Crippen molar-refractivity contribution in [3.05, 3.63) is 24.0 Å². The van der Waals surface area contributed by atoms with Crippen LogP contribution in [0.1, 0.15) is 38.1 Å². The smallest absolute Gasteiger partial charge is 0.254 e. The van der Waals surface area contributed by atoms with Crippen molar-refractivity contribution in [1.29, 1.82) is 0 Å². The number of carbonyl (C=O) groups is 1. The number of carbonyl (C=O) groups excluding carboxylic acids is 1. The Bertz CT molecular complexity index is 410. The minimum atomic E-state index is -0.0800. The standard InChI is InChI=1S/C14H23N3O/c1-10(14(2,3)4)8-17-13(18)11-9-16-7-6-12(11)15-5/h6-7,9-10H,8H2,1-5H3,(H,15,16)(H,17,18). The minimum absolute atomic E-state index is 0.0800. The first-order chi connectivity index (χ1) is 8.36. The summed E-state index contributed by atoms with van der Waals surface area (Å²) in [6.07, 6.45) is 3.25. The summed E-state index contributed by atoms with van der Waals surface area (Å²) in [6, 6.07) is 1.79. The molecule has 0 aliphatic rings. The van der Waals surface area contributed by atoms with E-state index in [4.69, 9.17) is 0 Å². The molecule has 0 spiro atoms. The molecule has 0 aliphatic heterocycles. The summed E-state index contributed by atoms with van der Waals surface area (Å²) in [6.45, 7) is 9.33. The van der Waals surface area contributed by atoms with Crippen LogP contribution in [0.25, 0.3) is 0 Å². The first-order valence-corrected chi connectivity index (χ1v) is 6.26. The molecule has 1 aromatic heterocycles. The zero-order chi connectivity index (χ0) is 13.8. The van der Waals surface area contributed by atoms with E-state index in [9.17, 15) is 4.79 Å². The van der Waals surface area contributed by atoms with Crippen LogP contribution in [0, 0.1) is 11.3 Å². The van der Waals surface area contributed by atoms with Crippen molar-refractivity contribution < 1.29 is 4.79 Å². The van der Waals surface area contributed by atoms with Gasteiger partial charge in [0.05, 0.1) is 5.56 Å². The van der Waals surface area contributed by atoms with E-state index >= 15 is 0 Å². The van der Waals surface area contributed by atoms with E-state index in [1.165, 1.54) is 0 Å². The van der Waals surface area contributed by atoms with Gasteiger partial charge in [-0.05, 0) is 17.4 Å². The predicted molar refractivity (Wildman–Crippen MR) is 74.7 cm³/mol. The number of nitrogens with zero attached hydrogens (tertiary/aromatic N) is 1. The van der Waals surface area contributed by atoms with E-state index in [2.05, 4.69) is 43.3 Å². The predicted octanol–water partition coefficient (Wildman–Crippen LogP) is 2.54. The molecular weight excluding hydrogens is 226 g/mol. The van der Waals surface area contributed by atoms with Crippen LogP contribution in [0.2, 0.25) is 0 Å². The van der Waals surface area contributed by atoms with Crippen LogP contribution < -0.4 is 10.6 Å². The Kier molecular flexibility index (Phi) is 4.70. The molecule has 4 heteroatoms. The Morgan fingerprint density at radius 1 is 1.44 bits per heavy atom. The molecular formula is C14H23N3O. The number of hydrogen-bond acceptors (Lipinski definition) is 3. The SMILES string of the molecule is CNc1ccncc1C(=O)NCC(C)C(C)(C)C. The van der Waals surface area contributed by atoms with Crippen LogP contribution >= 0.6 is 0 Å². The second-order valence-corrected chi connectivity index (χ2v) is 5.65. The monoisotopic (exact) mass is 249 g/mol. The average Bonchev–Trinajstić information content (AvgIpc) is 2.34. The number of hydrogen-bond donors (Lipinski definition) is 2. The first-order valence-electron chi connectivity index (χ1n) is 6.26. The lowest BCUT2D eigenvalue weighted by Gasteiger charge is -2.27. The van der Waals surface area contributed by atoms with E-state index in [-0.39, 0.29) is 11.3 Å². The van der Waals surface area contributed by atoms with Gasteiger partial charge in [0, 0.05) is 31.7 Å². The minimum Gasteiger partial charge on any atom is -0.387 e. The molecule has 18 heavy (non-hydrogen) atoms. The normalized spacial score (nSPS) is 12.9. The van der Waals surface area contributed by atoms with Gasteiger partial charge in [-0.2, -0.15) is 0 Å². The van der Waals surface area contributed by atoms with Crippen molar-refractivity contribution in [2.24, 2.45) is 11.3 Å². The molecule has 1 aromatic rings. The molecule has 0 aromatic carbocycles. The van der Waals surface area contributed by atoms with Gasteiger partial charge in [-0.15, -0.1) is 0 Å². The zero-order valence-corrected chi connectivity index (χ0v) is 11.9. The molecule has 0 bridgehead atoms. The van der Waals surface area contributed by atoms with Gasteiger partial charge >= 0.3 is 0 Å². The van der Waals surface area contributed by atoms with E-state index < -0.39 is 0 Å². The maximum Gasteiger partial charge on any atom is 0.254 e. The highest BCUT2D eigenvalue weighted by atomic mass is 16.1. The quantitative estimate of drug-likeness (QED) is 0.862. The Balaban J connectivity index is 2.66. The summed E-state index contributed by atoms with van der Waals surface area (Å²) in [5.74, 6) is 0.333. The van der Waals surface area contributed by atoms with Crippen molar-refractivity contribution in [1.82, 2.24) is 10.3 Å². The zero-order valence-electron chi connectivity index (χ0n) is 11.9. The molecule has 0 aliphatic carbocycles. The van der Waals surface area contributed by atoms with Gasteiger partial charge < -0.3 is 10.6 Å². The lowest BCUT2D eigenvalue weighted by molar-refractivity contribution is 0.0937. The Labute approximate surface area is 109 Å². The van der Waals surface area contributed by atoms with Crippen molar-refractivity contribution >= 4 is 11.6 Å². The molecule has 0 fully saturated rings. The summed E-state index contributed by atoms with van der Waals surface area (Å²) >= 11 is 0. The highest BCUT2D eigenvalue weighted by Crippen LogP contribution is 2.24. The summed E-state index contributed by atoms with van der Waals surface area (Å²) in [5, 5.41) is 5.95. The van der Waals surface area contributed by atoms with Crippen molar-refractivity contribution in [3.8, 4) is 0 Å². The van der Waals surface area contributed by atoms with Crippen LogP contribution in [0.5, 0.6) is 0 Å². The number of anilines is 1. The Morgan fingerprint density at radius 3 is 2.67 bits per heavy atom. The van der Waals surface area contributed by atoms with Crippen molar-refractivity contribution in [2.45, 2.75) is 27.7 Å².